The molecule has 0 radical (unpaired) electrons. The third-order valence-electron chi connectivity index (χ3n) is 2.76. The largest absolute Gasteiger partial charge is 0.283 e. The number of aryl methyl sites for hydroxylation is 1. The molecule has 0 saturated carbocycles. The number of hydrogen-bond donors (Lipinski definition) is 0. The van der Waals surface area contributed by atoms with Gasteiger partial charge >= 0.3 is 0 Å². The van der Waals surface area contributed by atoms with Crippen molar-refractivity contribution in [2.75, 3.05) is 0 Å². The Balaban J connectivity index is 2.52. The highest BCUT2D eigenvalue weighted by molar-refractivity contribution is 5.34. The second-order valence-corrected chi connectivity index (χ2v) is 4.55. The van der Waals surface area contributed by atoms with Gasteiger partial charge in [-0.3, -0.25) is 4.57 Å². The van der Waals surface area contributed by atoms with Crippen molar-refractivity contribution in [1.82, 2.24) is 14.8 Å². The highest BCUT2D eigenvalue weighted by atomic mass is 15.3. The molecule has 90 valence electrons. The van der Waals surface area contributed by atoms with Crippen LogP contribution in [-0.2, 0) is 6.42 Å². The van der Waals surface area contributed by atoms with E-state index in [4.69, 9.17) is 0 Å². The molecule has 3 nitrogen and oxygen atoms in total. The van der Waals surface area contributed by atoms with Crippen molar-refractivity contribution < 1.29 is 0 Å². The van der Waals surface area contributed by atoms with E-state index in [2.05, 4.69) is 59.8 Å². The van der Waals surface area contributed by atoms with Crippen molar-refractivity contribution in [2.24, 2.45) is 0 Å². The van der Waals surface area contributed by atoms with Crippen LogP contribution in [-0.4, -0.2) is 14.8 Å². The Morgan fingerprint density at radius 1 is 1.12 bits per heavy atom. The zero-order valence-electron chi connectivity index (χ0n) is 10.7. The first-order valence-corrected chi connectivity index (χ1v) is 6.23. The maximum Gasteiger partial charge on any atom is 0.140 e. The van der Waals surface area contributed by atoms with Gasteiger partial charge in [-0.2, -0.15) is 0 Å². The molecule has 0 spiro atoms. The van der Waals surface area contributed by atoms with E-state index in [1.54, 1.807) is 0 Å². The lowest BCUT2D eigenvalue weighted by molar-refractivity contribution is 0.729. The monoisotopic (exact) mass is 229 g/mol. The van der Waals surface area contributed by atoms with Crippen LogP contribution in [0.1, 0.15) is 44.8 Å². The van der Waals surface area contributed by atoms with Crippen molar-refractivity contribution >= 4 is 0 Å². The molecule has 0 saturated heterocycles. The third-order valence-corrected chi connectivity index (χ3v) is 2.76. The van der Waals surface area contributed by atoms with Crippen molar-refractivity contribution in [3.63, 3.8) is 0 Å². The normalized spacial score (nSPS) is 11.1. The van der Waals surface area contributed by atoms with Gasteiger partial charge in [0.2, 0.25) is 0 Å². The minimum Gasteiger partial charge on any atom is -0.283 e. The summed E-state index contributed by atoms with van der Waals surface area (Å²) in [5.74, 6) is 2.48. The lowest BCUT2D eigenvalue weighted by atomic mass is 10.2. The summed E-state index contributed by atoms with van der Waals surface area (Å²) in [5, 5.41) is 8.64. The van der Waals surface area contributed by atoms with Crippen LogP contribution < -0.4 is 0 Å². The van der Waals surface area contributed by atoms with Crippen LogP contribution >= 0.6 is 0 Å². The molecule has 2 aromatic rings. The van der Waals surface area contributed by atoms with E-state index in [-0.39, 0.29) is 0 Å². The van der Waals surface area contributed by atoms with Crippen LogP contribution in [0, 0.1) is 0 Å². The lowest BCUT2D eigenvalue weighted by Crippen LogP contribution is -2.06. The molecule has 0 aliphatic carbocycles. The average molecular weight is 229 g/mol. The van der Waals surface area contributed by atoms with Gasteiger partial charge in [0.05, 0.1) is 0 Å². The van der Waals surface area contributed by atoms with Gasteiger partial charge in [-0.1, -0.05) is 39.0 Å². The lowest BCUT2D eigenvalue weighted by Gasteiger charge is -2.11. The molecule has 1 aromatic carbocycles. The van der Waals surface area contributed by atoms with E-state index < -0.39 is 0 Å². The number of hydrogen-bond acceptors (Lipinski definition) is 2. The first-order chi connectivity index (χ1) is 8.24. The molecular weight excluding hydrogens is 210 g/mol. The Labute approximate surface area is 103 Å². The topological polar surface area (TPSA) is 30.7 Å². The molecular formula is C14H19N3. The van der Waals surface area contributed by atoms with E-state index in [0.717, 1.165) is 30.2 Å². The average Bonchev–Trinajstić information content (AvgIpc) is 2.74. The van der Waals surface area contributed by atoms with Crippen LogP contribution in [0.2, 0.25) is 0 Å². The van der Waals surface area contributed by atoms with Gasteiger partial charge in [0.25, 0.3) is 0 Å². The summed E-state index contributed by atoms with van der Waals surface area (Å²) >= 11 is 0. The van der Waals surface area contributed by atoms with Crippen molar-refractivity contribution in [1.29, 1.82) is 0 Å². The second-order valence-electron chi connectivity index (χ2n) is 4.55. The number of para-hydroxylation sites is 1. The van der Waals surface area contributed by atoms with Gasteiger partial charge in [-0.05, 0) is 18.6 Å². The van der Waals surface area contributed by atoms with E-state index in [1.165, 1.54) is 0 Å². The Hall–Kier alpha value is -1.64. The summed E-state index contributed by atoms with van der Waals surface area (Å²) in [6, 6.07) is 10.3. The molecule has 0 aliphatic heterocycles. The molecule has 0 atom stereocenters. The predicted octanol–water partition coefficient (Wildman–Crippen LogP) is 3.34. The Morgan fingerprint density at radius 3 is 2.41 bits per heavy atom. The molecule has 0 N–H and O–H groups in total. The second kappa shape index (κ2) is 5.13. The fourth-order valence-corrected chi connectivity index (χ4v) is 1.95. The molecule has 2 rings (SSSR count). The molecule has 0 aliphatic rings. The summed E-state index contributed by atoms with van der Waals surface area (Å²) in [6.45, 7) is 6.47. The molecule has 1 heterocycles. The maximum absolute atomic E-state index is 4.32. The number of aromatic nitrogens is 3. The van der Waals surface area contributed by atoms with Crippen molar-refractivity contribution in [3.8, 4) is 5.69 Å². The van der Waals surface area contributed by atoms with Crippen LogP contribution in [0.4, 0.5) is 0 Å². The Kier molecular flexibility index (Phi) is 3.57. The molecule has 3 heteroatoms. The number of nitrogens with zero attached hydrogens (tertiary/aromatic N) is 3. The molecule has 0 fully saturated rings. The molecule has 1 aromatic heterocycles. The number of benzene rings is 1. The summed E-state index contributed by atoms with van der Waals surface area (Å²) in [5.41, 5.74) is 1.16. The minimum absolute atomic E-state index is 0.383. The zero-order chi connectivity index (χ0) is 12.3. The van der Waals surface area contributed by atoms with Gasteiger partial charge in [-0.25, -0.2) is 0 Å². The van der Waals surface area contributed by atoms with E-state index in [1.807, 2.05) is 6.07 Å². The zero-order valence-corrected chi connectivity index (χ0v) is 10.7. The van der Waals surface area contributed by atoms with Crippen LogP contribution in [0.5, 0.6) is 0 Å². The molecule has 0 amide bonds. The van der Waals surface area contributed by atoms with Crippen molar-refractivity contribution in [2.45, 2.75) is 39.5 Å². The van der Waals surface area contributed by atoms with Crippen LogP contribution in [0.25, 0.3) is 5.69 Å². The molecule has 0 bridgehead atoms. The van der Waals surface area contributed by atoms with Crippen LogP contribution in [0.3, 0.4) is 0 Å². The highest BCUT2D eigenvalue weighted by Gasteiger charge is 2.15. The summed E-state index contributed by atoms with van der Waals surface area (Å²) in [7, 11) is 0. The third kappa shape index (κ3) is 2.38. The van der Waals surface area contributed by atoms with Crippen molar-refractivity contribution in [3.05, 3.63) is 42.0 Å². The minimum atomic E-state index is 0.383. The fourth-order valence-electron chi connectivity index (χ4n) is 1.95. The quantitative estimate of drug-likeness (QED) is 0.805. The summed E-state index contributed by atoms with van der Waals surface area (Å²) in [4.78, 5) is 0. The predicted molar refractivity (Wildman–Crippen MR) is 69.4 cm³/mol. The molecule has 0 unspecified atom stereocenters. The van der Waals surface area contributed by atoms with Gasteiger partial charge in [0.15, 0.2) is 0 Å². The standard InChI is InChI=1S/C14H19N3/c1-4-8-13-15-16-14(11(2)3)17(13)12-9-6-5-7-10-12/h5-7,9-11H,4,8H2,1-3H3. The highest BCUT2D eigenvalue weighted by Crippen LogP contribution is 2.19. The SMILES string of the molecule is CCCc1nnc(C(C)C)n1-c1ccccc1. The van der Waals surface area contributed by atoms with Gasteiger partial charge in [0, 0.05) is 18.0 Å². The van der Waals surface area contributed by atoms with E-state index >= 15 is 0 Å². The summed E-state index contributed by atoms with van der Waals surface area (Å²) < 4.78 is 2.19. The fraction of sp³-hybridized carbons (Fsp3) is 0.429. The Bertz CT molecular complexity index is 471. The van der Waals surface area contributed by atoms with Gasteiger partial charge in [-0.15, -0.1) is 10.2 Å². The smallest absolute Gasteiger partial charge is 0.140 e. The maximum atomic E-state index is 4.32. The molecule has 17 heavy (non-hydrogen) atoms. The first kappa shape index (κ1) is 11.8. The van der Waals surface area contributed by atoms with E-state index in [9.17, 15) is 0 Å². The Morgan fingerprint density at radius 2 is 1.82 bits per heavy atom. The first-order valence-electron chi connectivity index (χ1n) is 6.23. The van der Waals surface area contributed by atoms with Gasteiger partial charge in [0.1, 0.15) is 11.6 Å². The number of rotatable bonds is 4. The van der Waals surface area contributed by atoms with Crippen LogP contribution in [0.15, 0.2) is 30.3 Å². The summed E-state index contributed by atoms with van der Waals surface area (Å²) in [6.07, 6.45) is 2.05. The van der Waals surface area contributed by atoms with Gasteiger partial charge < -0.3 is 0 Å². The van der Waals surface area contributed by atoms with E-state index in [0.29, 0.717) is 5.92 Å².